The second-order valence-corrected chi connectivity index (χ2v) is 5.93. The first-order chi connectivity index (χ1) is 7.52. The molecule has 5 N–H and O–H groups in total. The van der Waals surface area contributed by atoms with E-state index in [2.05, 4.69) is 0 Å². The SMILES string of the molecule is CCCCP(=O)(O)OC(N)CCCCCN.[H-].[K+]. The van der Waals surface area contributed by atoms with Crippen LogP contribution in [0.3, 0.4) is 0 Å². The third-order valence-corrected chi connectivity index (χ3v) is 3.77. The van der Waals surface area contributed by atoms with Gasteiger partial charge >= 0.3 is 59.0 Å². The molecular weight excluding hydrogens is 266 g/mol. The molecule has 0 aliphatic heterocycles. The summed E-state index contributed by atoms with van der Waals surface area (Å²) in [5.74, 6) is 0. The van der Waals surface area contributed by atoms with Crippen LogP contribution >= 0.6 is 7.60 Å². The average Bonchev–Trinajstić information content (AvgIpc) is 2.21. The van der Waals surface area contributed by atoms with E-state index in [1.807, 2.05) is 6.92 Å². The standard InChI is InChI=1S/C10H25N2O3P.K.H/c1-2-3-9-16(13,14)15-10(12)7-5-4-6-8-11;;/h10H,2-9,11-12H2,1H3,(H,13,14);;/q;+1;-1. The van der Waals surface area contributed by atoms with Crippen LogP contribution in [-0.4, -0.2) is 23.8 Å². The Balaban J connectivity index is -0.00000112. The maximum atomic E-state index is 11.5. The largest absolute Gasteiger partial charge is 1.00 e. The fourth-order valence-electron chi connectivity index (χ4n) is 1.34. The molecule has 0 fully saturated rings. The second kappa shape index (κ2) is 12.7. The van der Waals surface area contributed by atoms with Gasteiger partial charge in [-0.1, -0.05) is 19.8 Å². The quantitative estimate of drug-likeness (QED) is 0.206. The summed E-state index contributed by atoms with van der Waals surface area (Å²) in [5, 5.41) is 0. The minimum Gasteiger partial charge on any atom is -1.00 e. The molecule has 0 aromatic rings. The summed E-state index contributed by atoms with van der Waals surface area (Å²) in [5.41, 5.74) is 11.0. The molecule has 0 saturated heterocycles. The predicted octanol–water partition coefficient (Wildman–Crippen LogP) is -1.09. The average molecular weight is 292 g/mol. The molecule has 0 aromatic heterocycles. The van der Waals surface area contributed by atoms with Crippen molar-refractivity contribution in [3.05, 3.63) is 0 Å². The summed E-state index contributed by atoms with van der Waals surface area (Å²) in [6.07, 6.45) is 4.55. The molecule has 0 heterocycles. The first-order valence-electron chi connectivity index (χ1n) is 5.97. The summed E-state index contributed by atoms with van der Waals surface area (Å²) in [6.45, 7) is 2.64. The van der Waals surface area contributed by atoms with E-state index in [9.17, 15) is 9.46 Å². The Hall–Kier alpha value is 1.71. The van der Waals surface area contributed by atoms with E-state index < -0.39 is 13.8 Å². The molecule has 0 rings (SSSR count). The summed E-state index contributed by atoms with van der Waals surface area (Å²) in [6, 6.07) is 0. The van der Waals surface area contributed by atoms with Crippen molar-refractivity contribution in [3.63, 3.8) is 0 Å². The Morgan fingerprint density at radius 3 is 2.53 bits per heavy atom. The monoisotopic (exact) mass is 292 g/mol. The van der Waals surface area contributed by atoms with Crippen molar-refractivity contribution in [1.82, 2.24) is 0 Å². The van der Waals surface area contributed by atoms with E-state index in [1.54, 1.807) is 0 Å². The first-order valence-corrected chi connectivity index (χ1v) is 7.74. The second-order valence-electron chi connectivity index (χ2n) is 4.00. The maximum absolute atomic E-state index is 11.5. The van der Waals surface area contributed by atoms with Gasteiger partial charge in [0, 0.05) is 0 Å². The zero-order valence-electron chi connectivity index (χ0n) is 12.1. The summed E-state index contributed by atoms with van der Waals surface area (Å²) in [4.78, 5) is 9.45. The summed E-state index contributed by atoms with van der Waals surface area (Å²) < 4.78 is 16.5. The minimum atomic E-state index is -3.47. The summed E-state index contributed by atoms with van der Waals surface area (Å²) >= 11 is 0. The van der Waals surface area contributed by atoms with Gasteiger partial charge in [-0.05, 0) is 32.2 Å². The van der Waals surface area contributed by atoms with Gasteiger partial charge in [0.1, 0.15) is 6.23 Å². The van der Waals surface area contributed by atoms with Crippen LogP contribution in [0.4, 0.5) is 0 Å². The van der Waals surface area contributed by atoms with Crippen LogP contribution in [-0.2, 0) is 9.09 Å². The number of nitrogens with two attached hydrogens (primary N) is 2. The van der Waals surface area contributed by atoms with Crippen molar-refractivity contribution >= 4 is 7.60 Å². The molecule has 0 aliphatic rings. The molecule has 2 atom stereocenters. The molecular formula is C10H26KN2O3P. The van der Waals surface area contributed by atoms with Crippen molar-refractivity contribution < 1.29 is 66.8 Å². The topological polar surface area (TPSA) is 98.6 Å². The molecule has 7 heteroatoms. The zero-order valence-corrected chi connectivity index (χ0v) is 15.1. The Labute approximate surface area is 148 Å². The van der Waals surface area contributed by atoms with E-state index in [-0.39, 0.29) is 59.0 Å². The van der Waals surface area contributed by atoms with E-state index in [1.165, 1.54) is 0 Å². The number of hydrogen-bond acceptors (Lipinski definition) is 4. The summed E-state index contributed by atoms with van der Waals surface area (Å²) in [7, 11) is -3.47. The Morgan fingerprint density at radius 2 is 2.00 bits per heavy atom. The third kappa shape index (κ3) is 13.9. The predicted molar refractivity (Wildman–Crippen MR) is 67.3 cm³/mol. The Bertz CT molecular complexity index is 225. The third-order valence-electron chi connectivity index (χ3n) is 2.29. The Morgan fingerprint density at radius 1 is 1.35 bits per heavy atom. The van der Waals surface area contributed by atoms with Crippen LogP contribution in [0.2, 0.25) is 0 Å². The van der Waals surface area contributed by atoms with Crippen molar-refractivity contribution in [1.29, 1.82) is 0 Å². The zero-order chi connectivity index (χ0) is 12.4. The van der Waals surface area contributed by atoms with Gasteiger partial charge in [0.2, 0.25) is 0 Å². The van der Waals surface area contributed by atoms with Gasteiger partial charge in [-0.15, -0.1) is 0 Å². The van der Waals surface area contributed by atoms with Crippen LogP contribution in [0.25, 0.3) is 0 Å². The van der Waals surface area contributed by atoms with E-state index >= 15 is 0 Å². The molecule has 5 nitrogen and oxygen atoms in total. The number of unbranched alkanes of at least 4 members (excludes halogenated alkanes) is 3. The molecule has 0 radical (unpaired) electrons. The van der Waals surface area contributed by atoms with Gasteiger partial charge in [0.15, 0.2) is 0 Å². The molecule has 2 unspecified atom stereocenters. The van der Waals surface area contributed by atoms with Crippen LogP contribution in [0.1, 0.15) is 46.9 Å². The van der Waals surface area contributed by atoms with Gasteiger partial charge in [-0.25, -0.2) is 0 Å². The Kier molecular flexibility index (Phi) is 15.7. The molecule has 0 aliphatic carbocycles. The molecule has 17 heavy (non-hydrogen) atoms. The van der Waals surface area contributed by atoms with Crippen LogP contribution in [0, 0.1) is 0 Å². The molecule has 0 amide bonds. The van der Waals surface area contributed by atoms with Crippen molar-refractivity contribution in [2.24, 2.45) is 11.5 Å². The molecule has 0 saturated carbocycles. The smallest absolute Gasteiger partial charge is 1.00 e. The van der Waals surface area contributed by atoms with E-state index in [0.29, 0.717) is 19.4 Å². The molecule has 0 aromatic carbocycles. The van der Waals surface area contributed by atoms with Crippen molar-refractivity contribution in [3.8, 4) is 0 Å². The van der Waals surface area contributed by atoms with E-state index in [0.717, 1.165) is 25.7 Å². The van der Waals surface area contributed by atoms with Crippen molar-refractivity contribution in [2.75, 3.05) is 12.7 Å². The van der Waals surface area contributed by atoms with Gasteiger partial charge in [-0.2, -0.15) is 0 Å². The van der Waals surface area contributed by atoms with Crippen LogP contribution < -0.4 is 62.9 Å². The molecule has 100 valence electrons. The van der Waals surface area contributed by atoms with Crippen LogP contribution in [0.15, 0.2) is 0 Å². The number of rotatable bonds is 10. The van der Waals surface area contributed by atoms with E-state index in [4.69, 9.17) is 16.0 Å². The number of hydrogen-bond donors (Lipinski definition) is 3. The molecule has 0 bridgehead atoms. The first kappa shape index (κ1) is 21.0. The fourth-order valence-corrected chi connectivity index (χ4v) is 2.69. The van der Waals surface area contributed by atoms with Gasteiger partial charge < -0.3 is 17.8 Å². The van der Waals surface area contributed by atoms with Crippen LogP contribution in [0.5, 0.6) is 0 Å². The normalized spacial score (nSPS) is 16.0. The van der Waals surface area contributed by atoms with Gasteiger partial charge in [0.05, 0.1) is 6.16 Å². The molecule has 0 spiro atoms. The van der Waals surface area contributed by atoms with Crippen molar-refractivity contribution in [2.45, 2.75) is 51.7 Å². The van der Waals surface area contributed by atoms with Gasteiger partial charge in [0.25, 0.3) is 0 Å². The van der Waals surface area contributed by atoms with Gasteiger partial charge in [-0.3, -0.25) is 9.09 Å². The fraction of sp³-hybridized carbons (Fsp3) is 1.00. The minimum absolute atomic E-state index is 0. The maximum Gasteiger partial charge on any atom is 1.00 e.